The third kappa shape index (κ3) is 6.66. The molecule has 0 heterocycles. The molecule has 3 heteroatoms. The van der Waals surface area contributed by atoms with Crippen LogP contribution in [0.3, 0.4) is 0 Å². The highest BCUT2D eigenvalue weighted by Gasteiger charge is 2.10. The molecule has 0 spiro atoms. The van der Waals surface area contributed by atoms with E-state index >= 15 is 0 Å². The lowest BCUT2D eigenvalue weighted by Crippen LogP contribution is -2.15. The molecule has 0 aromatic carbocycles. The van der Waals surface area contributed by atoms with Crippen LogP contribution in [0.25, 0.3) is 0 Å². The Morgan fingerprint density at radius 3 is 2.64 bits per heavy atom. The third-order valence-electron chi connectivity index (χ3n) is 1.78. The van der Waals surface area contributed by atoms with E-state index in [1.54, 1.807) is 14.0 Å². The first-order chi connectivity index (χ1) is 6.74. The van der Waals surface area contributed by atoms with Gasteiger partial charge in [-0.05, 0) is 13.3 Å². The first kappa shape index (κ1) is 13.2. The van der Waals surface area contributed by atoms with Crippen LogP contribution in [0.5, 0.6) is 0 Å². The van der Waals surface area contributed by atoms with Crippen LogP contribution in [-0.4, -0.2) is 25.8 Å². The molecule has 0 rings (SSSR count). The smallest absolute Gasteiger partial charge is 0.308 e. The van der Waals surface area contributed by atoms with Gasteiger partial charge in [-0.2, -0.15) is 0 Å². The third-order valence-corrected chi connectivity index (χ3v) is 1.78. The number of hydrogen-bond donors (Lipinski definition) is 0. The minimum absolute atomic E-state index is 0.152. The Morgan fingerprint density at radius 2 is 2.14 bits per heavy atom. The van der Waals surface area contributed by atoms with E-state index < -0.39 is 0 Å². The second kappa shape index (κ2) is 8.75. The second-order valence-corrected chi connectivity index (χ2v) is 3.00. The van der Waals surface area contributed by atoms with Gasteiger partial charge in [-0.25, -0.2) is 0 Å². The molecular weight excluding hydrogens is 180 g/mol. The van der Waals surface area contributed by atoms with Gasteiger partial charge in [0.1, 0.15) is 0 Å². The molecule has 0 N–H and O–H groups in total. The van der Waals surface area contributed by atoms with Crippen LogP contribution in [0.2, 0.25) is 0 Å². The summed E-state index contributed by atoms with van der Waals surface area (Å²) in [4.78, 5) is 11.1. The Balaban J connectivity index is 3.83. The van der Waals surface area contributed by atoms with E-state index in [0.717, 1.165) is 12.8 Å². The fourth-order valence-corrected chi connectivity index (χ4v) is 1.03. The summed E-state index contributed by atoms with van der Waals surface area (Å²) in [5.74, 6) is -0.208. The van der Waals surface area contributed by atoms with Gasteiger partial charge >= 0.3 is 5.97 Å². The lowest BCUT2D eigenvalue weighted by Gasteiger charge is -2.09. The highest BCUT2D eigenvalue weighted by atomic mass is 16.5. The molecule has 3 nitrogen and oxygen atoms in total. The van der Waals surface area contributed by atoms with Crippen molar-refractivity contribution in [3.8, 4) is 0 Å². The van der Waals surface area contributed by atoms with Crippen LogP contribution in [0, 0.1) is 0 Å². The van der Waals surface area contributed by atoms with Gasteiger partial charge in [-0.1, -0.05) is 25.5 Å². The SMILES string of the molecule is CCC/C=C/C(CC(=O)OCC)OC. The first-order valence-corrected chi connectivity index (χ1v) is 5.09. The Bertz CT molecular complexity index is 175. The molecule has 0 aliphatic carbocycles. The summed E-state index contributed by atoms with van der Waals surface area (Å²) in [5, 5.41) is 0. The van der Waals surface area contributed by atoms with Gasteiger partial charge in [0, 0.05) is 7.11 Å². The molecule has 0 saturated heterocycles. The van der Waals surface area contributed by atoms with E-state index in [0.29, 0.717) is 13.0 Å². The zero-order valence-corrected chi connectivity index (χ0v) is 9.29. The summed E-state index contributed by atoms with van der Waals surface area (Å²) in [6.07, 6.45) is 6.22. The van der Waals surface area contributed by atoms with Crippen molar-refractivity contribution in [2.75, 3.05) is 13.7 Å². The molecule has 0 aromatic heterocycles. The number of methoxy groups -OCH3 is 1. The van der Waals surface area contributed by atoms with Crippen LogP contribution in [-0.2, 0) is 14.3 Å². The van der Waals surface area contributed by atoms with Crippen LogP contribution in [0.4, 0.5) is 0 Å². The van der Waals surface area contributed by atoms with Crippen molar-refractivity contribution in [3.05, 3.63) is 12.2 Å². The summed E-state index contributed by atoms with van der Waals surface area (Å²) in [6.45, 7) is 4.33. The molecule has 0 aromatic rings. The number of carbonyl (C=O) groups excluding carboxylic acids is 1. The summed E-state index contributed by atoms with van der Waals surface area (Å²) in [7, 11) is 1.60. The molecule has 14 heavy (non-hydrogen) atoms. The fraction of sp³-hybridized carbons (Fsp3) is 0.727. The van der Waals surface area contributed by atoms with E-state index in [4.69, 9.17) is 9.47 Å². The zero-order valence-electron chi connectivity index (χ0n) is 9.29. The summed E-state index contributed by atoms with van der Waals surface area (Å²) < 4.78 is 9.95. The summed E-state index contributed by atoms with van der Waals surface area (Å²) in [6, 6.07) is 0. The van der Waals surface area contributed by atoms with Gasteiger partial charge in [-0.3, -0.25) is 4.79 Å². The van der Waals surface area contributed by atoms with Gasteiger partial charge < -0.3 is 9.47 Å². The summed E-state index contributed by atoms with van der Waals surface area (Å²) in [5.41, 5.74) is 0. The van der Waals surface area contributed by atoms with Crippen molar-refractivity contribution < 1.29 is 14.3 Å². The Labute approximate surface area is 86.1 Å². The highest BCUT2D eigenvalue weighted by molar-refractivity contribution is 5.70. The number of carbonyl (C=O) groups is 1. The van der Waals surface area contributed by atoms with Crippen molar-refractivity contribution in [1.29, 1.82) is 0 Å². The minimum Gasteiger partial charge on any atom is -0.466 e. The molecule has 0 aliphatic heterocycles. The van der Waals surface area contributed by atoms with Crippen LogP contribution >= 0.6 is 0 Å². The normalized spacial score (nSPS) is 13.1. The molecule has 1 atom stereocenters. The molecule has 0 bridgehead atoms. The van der Waals surface area contributed by atoms with Crippen LogP contribution < -0.4 is 0 Å². The van der Waals surface area contributed by atoms with E-state index in [1.165, 1.54) is 0 Å². The first-order valence-electron chi connectivity index (χ1n) is 5.09. The van der Waals surface area contributed by atoms with Gasteiger partial charge in [0.25, 0.3) is 0 Å². The van der Waals surface area contributed by atoms with Crippen molar-refractivity contribution >= 4 is 5.97 Å². The molecular formula is C11H20O3. The molecule has 82 valence electrons. The molecule has 0 aliphatic rings. The monoisotopic (exact) mass is 200 g/mol. The largest absolute Gasteiger partial charge is 0.466 e. The van der Waals surface area contributed by atoms with Crippen molar-refractivity contribution in [3.63, 3.8) is 0 Å². The van der Waals surface area contributed by atoms with Crippen molar-refractivity contribution in [2.24, 2.45) is 0 Å². The minimum atomic E-state index is -0.208. The van der Waals surface area contributed by atoms with Gasteiger partial charge in [0.2, 0.25) is 0 Å². The predicted molar refractivity (Wildman–Crippen MR) is 56.1 cm³/mol. The molecule has 0 fully saturated rings. The number of hydrogen-bond acceptors (Lipinski definition) is 3. The van der Waals surface area contributed by atoms with E-state index in [9.17, 15) is 4.79 Å². The maximum absolute atomic E-state index is 11.1. The van der Waals surface area contributed by atoms with Crippen molar-refractivity contribution in [1.82, 2.24) is 0 Å². The lowest BCUT2D eigenvalue weighted by atomic mass is 10.2. The predicted octanol–water partition coefficient (Wildman–Crippen LogP) is 2.31. The van der Waals surface area contributed by atoms with Gasteiger partial charge in [0.15, 0.2) is 0 Å². The molecule has 1 unspecified atom stereocenters. The van der Waals surface area contributed by atoms with Crippen LogP contribution in [0.15, 0.2) is 12.2 Å². The second-order valence-electron chi connectivity index (χ2n) is 3.00. The average molecular weight is 200 g/mol. The maximum atomic E-state index is 11.1. The van der Waals surface area contributed by atoms with E-state index in [2.05, 4.69) is 6.92 Å². The van der Waals surface area contributed by atoms with Gasteiger partial charge in [0.05, 0.1) is 19.1 Å². The lowest BCUT2D eigenvalue weighted by molar-refractivity contribution is -0.145. The van der Waals surface area contributed by atoms with Crippen LogP contribution in [0.1, 0.15) is 33.1 Å². The summed E-state index contributed by atoms with van der Waals surface area (Å²) >= 11 is 0. The Kier molecular flexibility index (Phi) is 8.24. The molecule has 0 saturated carbocycles. The molecule has 0 radical (unpaired) electrons. The number of esters is 1. The van der Waals surface area contributed by atoms with E-state index in [1.807, 2.05) is 12.2 Å². The molecule has 0 amide bonds. The number of rotatable bonds is 7. The van der Waals surface area contributed by atoms with Crippen molar-refractivity contribution in [2.45, 2.75) is 39.2 Å². The highest BCUT2D eigenvalue weighted by Crippen LogP contribution is 2.02. The maximum Gasteiger partial charge on any atom is 0.308 e. The Hall–Kier alpha value is -0.830. The average Bonchev–Trinajstić information content (AvgIpc) is 2.17. The Morgan fingerprint density at radius 1 is 1.43 bits per heavy atom. The standard InChI is InChI=1S/C11H20O3/c1-4-6-7-8-10(13-3)9-11(12)14-5-2/h7-8,10H,4-6,9H2,1-3H3/b8-7+. The number of unbranched alkanes of at least 4 members (excludes halogenated alkanes) is 1. The van der Waals surface area contributed by atoms with E-state index in [-0.39, 0.29) is 12.1 Å². The van der Waals surface area contributed by atoms with Gasteiger partial charge in [-0.15, -0.1) is 0 Å². The topological polar surface area (TPSA) is 35.5 Å². The fourth-order valence-electron chi connectivity index (χ4n) is 1.03. The number of ether oxygens (including phenoxy) is 2. The number of allylic oxidation sites excluding steroid dienone is 1. The quantitative estimate of drug-likeness (QED) is 0.467. The zero-order chi connectivity index (χ0) is 10.8.